The number of aliphatic carboxylic acids is 1. The van der Waals surface area contributed by atoms with E-state index >= 15 is 0 Å². The summed E-state index contributed by atoms with van der Waals surface area (Å²) in [5.74, 6) is -0.597. The van der Waals surface area contributed by atoms with Crippen molar-refractivity contribution in [2.75, 3.05) is 11.1 Å². The topological polar surface area (TPSA) is 66.4 Å². The standard InChI is InChI=1S/C15H21NO3S/c1-10(2)11-6-5-7-12(8-11)16-13(17)9-20-15(3,4)14(18)19/h5-8,10H,9H2,1-4H3,(H,16,17)(H,18,19). The second kappa shape index (κ2) is 6.79. The van der Waals surface area contributed by atoms with Gasteiger partial charge in [-0.25, -0.2) is 0 Å². The van der Waals surface area contributed by atoms with Crippen molar-refractivity contribution < 1.29 is 14.7 Å². The summed E-state index contributed by atoms with van der Waals surface area (Å²) in [6.45, 7) is 7.36. The average Bonchev–Trinajstić information content (AvgIpc) is 2.36. The molecule has 0 unspecified atom stereocenters. The van der Waals surface area contributed by atoms with Crippen LogP contribution >= 0.6 is 11.8 Å². The van der Waals surface area contributed by atoms with Crippen LogP contribution in [0.25, 0.3) is 0 Å². The Hall–Kier alpha value is -1.49. The van der Waals surface area contributed by atoms with Crippen molar-refractivity contribution in [3.63, 3.8) is 0 Å². The first-order valence-corrected chi connectivity index (χ1v) is 7.48. The molecular weight excluding hydrogens is 274 g/mol. The van der Waals surface area contributed by atoms with Crippen LogP contribution in [0.2, 0.25) is 0 Å². The van der Waals surface area contributed by atoms with Gasteiger partial charge in [0, 0.05) is 5.69 Å². The van der Waals surface area contributed by atoms with Gasteiger partial charge in [-0.3, -0.25) is 9.59 Å². The van der Waals surface area contributed by atoms with Crippen LogP contribution in [0.1, 0.15) is 39.2 Å². The van der Waals surface area contributed by atoms with Crippen LogP contribution in [0.3, 0.4) is 0 Å². The Balaban J connectivity index is 2.59. The number of amides is 1. The summed E-state index contributed by atoms with van der Waals surface area (Å²) < 4.78 is -0.961. The van der Waals surface area contributed by atoms with Crippen LogP contribution in [0, 0.1) is 0 Å². The van der Waals surface area contributed by atoms with Crippen molar-refractivity contribution >= 4 is 29.3 Å². The van der Waals surface area contributed by atoms with E-state index in [1.54, 1.807) is 13.8 Å². The molecule has 1 aromatic rings. The highest BCUT2D eigenvalue weighted by molar-refractivity contribution is 8.02. The predicted molar refractivity (Wildman–Crippen MR) is 83.3 cm³/mol. The van der Waals surface area contributed by atoms with Gasteiger partial charge in [0.2, 0.25) is 5.91 Å². The summed E-state index contributed by atoms with van der Waals surface area (Å²) >= 11 is 1.11. The molecule has 0 fully saturated rings. The smallest absolute Gasteiger partial charge is 0.319 e. The molecule has 0 aliphatic carbocycles. The van der Waals surface area contributed by atoms with Crippen LogP contribution < -0.4 is 5.32 Å². The molecule has 0 spiro atoms. The third-order valence-electron chi connectivity index (χ3n) is 2.92. The fourth-order valence-electron chi connectivity index (χ4n) is 1.48. The Morgan fingerprint density at radius 1 is 1.35 bits per heavy atom. The molecule has 1 aromatic carbocycles. The van der Waals surface area contributed by atoms with E-state index in [0.29, 0.717) is 5.92 Å². The maximum Gasteiger partial charge on any atom is 0.319 e. The summed E-state index contributed by atoms with van der Waals surface area (Å²) in [5, 5.41) is 11.8. The van der Waals surface area contributed by atoms with Gasteiger partial charge in [-0.2, -0.15) is 0 Å². The molecule has 5 heteroatoms. The van der Waals surface area contributed by atoms with Crippen molar-refractivity contribution in [2.45, 2.75) is 38.4 Å². The molecule has 0 aliphatic heterocycles. The van der Waals surface area contributed by atoms with Crippen molar-refractivity contribution in [1.82, 2.24) is 0 Å². The summed E-state index contributed by atoms with van der Waals surface area (Å²) in [4.78, 5) is 22.8. The maximum atomic E-state index is 11.8. The number of hydrogen-bond donors (Lipinski definition) is 2. The normalized spacial score (nSPS) is 11.4. The lowest BCUT2D eigenvalue weighted by molar-refractivity contribution is -0.138. The largest absolute Gasteiger partial charge is 0.480 e. The van der Waals surface area contributed by atoms with Crippen LogP contribution in [0.15, 0.2) is 24.3 Å². The van der Waals surface area contributed by atoms with Crippen LogP contribution in [0.5, 0.6) is 0 Å². The van der Waals surface area contributed by atoms with Gasteiger partial charge in [0.15, 0.2) is 0 Å². The van der Waals surface area contributed by atoms with Gasteiger partial charge in [-0.15, -0.1) is 11.8 Å². The second-order valence-corrected chi connectivity index (χ2v) is 7.03. The Morgan fingerprint density at radius 3 is 2.55 bits per heavy atom. The van der Waals surface area contributed by atoms with Crippen molar-refractivity contribution in [3.8, 4) is 0 Å². The highest BCUT2D eigenvalue weighted by atomic mass is 32.2. The van der Waals surface area contributed by atoms with E-state index in [1.807, 2.05) is 24.3 Å². The van der Waals surface area contributed by atoms with E-state index in [9.17, 15) is 9.59 Å². The molecule has 0 bridgehead atoms. The monoisotopic (exact) mass is 295 g/mol. The number of benzene rings is 1. The number of carboxylic acids is 1. The summed E-state index contributed by atoms with van der Waals surface area (Å²) in [7, 11) is 0. The fraction of sp³-hybridized carbons (Fsp3) is 0.467. The molecule has 20 heavy (non-hydrogen) atoms. The Labute approximate surface area is 124 Å². The second-order valence-electron chi connectivity index (χ2n) is 5.43. The van der Waals surface area contributed by atoms with E-state index in [1.165, 1.54) is 0 Å². The van der Waals surface area contributed by atoms with Crippen molar-refractivity contribution in [2.24, 2.45) is 0 Å². The Kier molecular flexibility index (Phi) is 5.62. The molecule has 1 amide bonds. The first-order chi connectivity index (χ1) is 9.22. The van der Waals surface area contributed by atoms with Gasteiger partial charge in [-0.05, 0) is 37.5 Å². The molecule has 0 heterocycles. The zero-order valence-corrected chi connectivity index (χ0v) is 13.1. The lowest BCUT2D eigenvalue weighted by Crippen LogP contribution is -2.29. The summed E-state index contributed by atoms with van der Waals surface area (Å²) in [6.07, 6.45) is 0. The first kappa shape index (κ1) is 16.6. The van der Waals surface area contributed by atoms with Gasteiger partial charge in [-0.1, -0.05) is 26.0 Å². The van der Waals surface area contributed by atoms with Gasteiger partial charge in [0.25, 0.3) is 0 Å². The first-order valence-electron chi connectivity index (χ1n) is 6.49. The SMILES string of the molecule is CC(C)c1cccc(NC(=O)CSC(C)(C)C(=O)O)c1. The van der Waals surface area contributed by atoms with E-state index < -0.39 is 10.7 Å². The number of anilines is 1. The van der Waals surface area contributed by atoms with Crippen molar-refractivity contribution in [1.29, 1.82) is 0 Å². The lowest BCUT2D eigenvalue weighted by Gasteiger charge is -2.18. The number of carboxylic acid groups (broad SMARTS) is 1. The third-order valence-corrected chi connectivity index (χ3v) is 4.22. The number of thioether (sulfide) groups is 1. The van der Waals surface area contributed by atoms with E-state index in [4.69, 9.17) is 5.11 Å². The molecule has 1 rings (SSSR count). The molecule has 0 saturated carbocycles. The molecule has 0 saturated heterocycles. The highest BCUT2D eigenvalue weighted by Gasteiger charge is 2.28. The van der Waals surface area contributed by atoms with E-state index in [0.717, 1.165) is 23.0 Å². The minimum atomic E-state index is -0.961. The van der Waals surface area contributed by atoms with Crippen LogP contribution in [-0.2, 0) is 9.59 Å². The number of hydrogen-bond acceptors (Lipinski definition) is 3. The van der Waals surface area contributed by atoms with Crippen LogP contribution in [-0.4, -0.2) is 27.5 Å². The zero-order chi connectivity index (χ0) is 15.3. The average molecular weight is 295 g/mol. The Morgan fingerprint density at radius 2 is 2.00 bits per heavy atom. The van der Waals surface area contributed by atoms with Gasteiger partial charge in [0.1, 0.15) is 4.75 Å². The van der Waals surface area contributed by atoms with Crippen molar-refractivity contribution in [3.05, 3.63) is 29.8 Å². The lowest BCUT2D eigenvalue weighted by atomic mass is 10.0. The number of carbonyl (C=O) groups is 2. The number of rotatable bonds is 6. The Bertz CT molecular complexity index is 498. The summed E-state index contributed by atoms with van der Waals surface area (Å²) in [5.41, 5.74) is 1.90. The minimum absolute atomic E-state index is 0.116. The van der Waals surface area contributed by atoms with Gasteiger partial charge >= 0.3 is 5.97 Å². The zero-order valence-electron chi connectivity index (χ0n) is 12.3. The number of carbonyl (C=O) groups excluding carboxylic acids is 1. The van der Waals surface area contributed by atoms with Gasteiger partial charge in [0.05, 0.1) is 5.75 Å². The molecule has 0 radical (unpaired) electrons. The minimum Gasteiger partial charge on any atom is -0.480 e. The predicted octanol–water partition coefficient (Wildman–Crippen LogP) is 3.34. The van der Waals surface area contributed by atoms with Crippen LogP contribution in [0.4, 0.5) is 5.69 Å². The molecule has 0 aromatic heterocycles. The highest BCUT2D eigenvalue weighted by Crippen LogP contribution is 2.25. The molecule has 110 valence electrons. The fourth-order valence-corrected chi connectivity index (χ4v) is 2.17. The van der Waals surface area contributed by atoms with E-state index in [-0.39, 0.29) is 11.7 Å². The van der Waals surface area contributed by atoms with E-state index in [2.05, 4.69) is 19.2 Å². The molecule has 2 N–H and O–H groups in total. The molecular formula is C15H21NO3S. The quantitative estimate of drug-likeness (QED) is 0.844. The molecule has 0 atom stereocenters. The number of nitrogens with one attached hydrogen (secondary N) is 1. The maximum absolute atomic E-state index is 11.8. The molecule has 4 nitrogen and oxygen atoms in total. The van der Waals surface area contributed by atoms with Gasteiger partial charge < -0.3 is 10.4 Å². The summed E-state index contributed by atoms with van der Waals surface area (Å²) in [6, 6.07) is 7.69. The third kappa shape index (κ3) is 4.89. The molecule has 0 aliphatic rings.